The highest BCUT2D eigenvalue weighted by Gasteiger charge is 2.47. The van der Waals surface area contributed by atoms with Crippen molar-refractivity contribution in [2.75, 3.05) is 13.1 Å². The van der Waals surface area contributed by atoms with E-state index in [4.69, 9.17) is 0 Å². The molecule has 1 heterocycles. The molecule has 0 aromatic rings. The van der Waals surface area contributed by atoms with Crippen molar-refractivity contribution in [2.24, 2.45) is 11.8 Å². The van der Waals surface area contributed by atoms with Gasteiger partial charge >= 0.3 is 5.97 Å². The highest BCUT2D eigenvalue weighted by Crippen LogP contribution is 2.45. The minimum Gasteiger partial charge on any atom is -0.481 e. The number of carboxylic acids is 1. The predicted molar refractivity (Wildman–Crippen MR) is 77.2 cm³/mol. The first-order valence-corrected chi connectivity index (χ1v) is 8.03. The van der Waals surface area contributed by atoms with Crippen LogP contribution in [0.25, 0.3) is 0 Å². The van der Waals surface area contributed by atoms with Crippen LogP contribution in [-0.2, 0) is 4.79 Å². The lowest BCUT2D eigenvalue weighted by atomic mass is 9.65. The molecule has 2 aliphatic rings. The molecule has 3 nitrogen and oxygen atoms in total. The van der Waals surface area contributed by atoms with Crippen LogP contribution >= 0.6 is 0 Å². The number of aliphatic carboxylic acids is 1. The zero-order valence-electron chi connectivity index (χ0n) is 12.5. The maximum atomic E-state index is 11.5. The Bertz CT molecular complexity index is 310. The molecule has 1 N–H and O–H groups in total. The maximum absolute atomic E-state index is 11.5. The highest BCUT2D eigenvalue weighted by atomic mass is 16.4. The highest BCUT2D eigenvalue weighted by molar-refractivity contribution is 5.68. The molecule has 1 aliphatic heterocycles. The Morgan fingerprint density at radius 3 is 2.47 bits per heavy atom. The van der Waals surface area contributed by atoms with E-state index in [-0.39, 0.29) is 5.54 Å². The van der Waals surface area contributed by atoms with E-state index in [0.29, 0.717) is 18.3 Å². The van der Waals surface area contributed by atoms with E-state index >= 15 is 0 Å². The summed E-state index contributed by atoms with van der Waals surface area (Å²) in [5, 5.41) is 9.43. The van der Waals surface area contributed by atoms with Crippen LogP contribution in [0.4, 0.5) is 0 Å². The first-order valence-electron chi connectivity index (χ1n) is 8.03. The van der Waals surface area contributed by atoms with Crippen molar-refractivity contribution < 1.29 is 9.90 Å². The number of likely N-dealkylation sites (tertiary alicyclic amines) is 1. The standard InChI is InChI=1S/C16H29NO2/c1-13(2)14-8-4-5-9-16(14,12-15(18)19)17-10-6-3-7-11-17/h13-14H,3-12H2,1-2H3,(H,18,19). The van der Waals surface area contributed by atoms with Gasteiger partial charge in [0.2, 0.25) is 0 Å². The van der Waals surface area contributed by atoms with Crippen molar-refractivity contribution in [1.82, 2.24) is 4.90 Å². The zero-order valence-corrected chi connectivity index (χ0v) is 12.5. The zero-order chi connectivity index (χ0) is 13.9. The van der Waals surface area contributed by atoms with Gasteiger partial charge in [-0.15, -0.1) is 0 Å². The monoisotopic (exact) mass is 267 g/mol. The largest absolute Gasteiger partial charge is 0.481 e. The fraction of sp³-hybridized carbons (Fsp3) is 0.938. The van der Waals surface area contributed by atoms with Crippen LogP contribution in [0.5, 0.6) is 0 Å². The van der Waals surface area contributed by atoms with Crippen LogP contribution in [0.3, 0.4) is 0 Å². The number of piperidine rings is 1. The van der Waals surface area contributed by atoms with Crippen molar-refractivity contribution in [1.29, 1.82) is 0 Å². The van der Waals surface area contributed by atoms with Gasteiger partial charge in [0.1, 0.15) is 0 Å². The molecule has 0 spiro atoms. The molecule has 0 aromatic carbocycles. The van der Waals surface area contributed by atoms with Gasteiger partial charge in [0.05, 0.1) is 6.42 Å². The second kappa shape index (κ2) is 6.25. The summed E-state index contributed by atoms with van der Waals surface area (Å²) in [5.41, 5.74) is -0.0569. The number of carboxylic acid groups (broad SMARTS) is 1. The van der Waals surface area contributed by atoms with Crippen LogP contribution in [0.15, 0.2) is 0 Å². The minimum absolute atomic E-state index is 0.0569. The summed E-state index contributed by atoms with van der Waals surface area (Å²) in [6.45, 7) is 6.76. The van der Waals surface area contributed by atoms with E-state index in [0.717, 1.165) is 19.5 Å². The lowest BCUT2D eigenvalue weighted by Gasteiger charge is -2.53. The molecule has 1 saturated carbocycles. The van der Waals surface area contributed by atoms with Crippen molar-refractivity contribution in [3.05, 3.63) is 0 Å². The van der Waals surface area contributed by atoms with Gasteiger partial charge in [-0.25, -0.2) is 0 Å². The second-order valence-electron chi connectivity index (χ2n) is 6.82. The minimum atomic E-state index is -0.613. The number of rotatable bonds is 4. The number of nitrogens with zero attached hydrogens (tertiary/aromatic N) is 1. The summed E-state index contributed by atoms with van der Waals surface area (Å²) in [5.74, 6) is 0.523. The molecule has 2 atom stereocenters. The van der Waals surface area contributed by atoms with Crippen molar-refractivity contribution in [2.45, 2.75) is 70.8 Å². The van der Waals surface area contributed by atoms with Gasteiger partial charge in [-0.3, -0.25) is 9.69 Å². The average Bonchev–Trinajstić information content (AvgIpc) is 2.39. The summed E-state index contributed by atoms with van der Waals surface area (Å²) < 4.78 is 0. The van der Waals surface area contributed by atoms with E-state index in [2.05, 4.69) is 18.7 Å². The van der Waals surface area contributed by atoms with Crippen molar-refractivity contribution in [3.63, 3.8) is 0 Å². The van der Waals surface area contributed by atoms with E-state index < -0.39 is 5.97 Å². The van der Waals surface area contributed by atoms with E-state index in [1.807, 2.05) is 0 Å². The molecule has 3 heteroatoms. The van der Waals surface area contributed by atoms with Crippen molar-refractivity contribution in [3.8, 4) is 0 Å². The Morgan fingerprint density at radius 1 is 1.21 bits per heavy atom. The molecule has 0 aromatic heterocycles. The Kier molecular flexibility index (Phi) is 4.88. The molecule has 0 bridgehead atoms. The van der Waals surface area contributed by atoms with Gasteiger partial charge in [0.15, 0.2) is 0 Å². The quantitative estimate of drug-likeness (QED) is 0.847. The summed E-state index contributed by atoms with van der Waals surface area (Å²) in [6, 6.07) is 0. The van der Waals surface area contributed by atoms with Crippen LogP contribution < -0.4 is 0 Å². The van der Waals surface area contributed by atoms with Crippen LogP contribution in [-0.4, -0.2) is 34.6 Å². The summed E-state index contributed by atoms with van der Waals surface area (Å²) in [7, 11) is 0. The third-order valence-electron chi connectivity index (χ3n) is 5.31. The Morgan fingerprint density at radius 2 is 1.89 bits per heavy atom. The lowest BCUT2D eigenvalue weighted by molar-refractivity contribution is -0.144. The molecule has 2 fully saturated rings. The van der Waals surface area contributed by atoms with Gasteiger partial charge in [0.25, 0.3) is 0 Å². The maximum Gasteiger partial charge on any atom is 0.305 e. The second-order valence-corrected chi connectivity index (χ2v) is 6.82. The molecule has 2 rings (SSSR count). The summed E-state index contributed by atoms with van der Waals surface area (Å²) in [6.07, 6.45) is 8.91. The van der Waals surface area contributed by atoms with Gasteiger partial charge < -0.3 is 5.11 Å². The Hall–Kier alpha value is -0.570. The lowest BCUT2D eigenvalue weighted by Crippen LogP contribution is -2.59. The van der Waals surface area contributed by atoms with Gasteiger partial charge in [-0.1, -0.05) is 33.1 Å². The fourth-order valence-corrected chi connectivity index (χ4v) is 4.53. The van der Waals surface area contributed by atoms with Gasteiger partial charge in [0, 0.05) is 5.54 Å². The third kappa shape index (κ3) is 3.13. The molecule has 0 radical (unpaired) electrons. The first-order chi connectivity index (χ1) is 9.06. The van der Waals surface area contributed by atoms with Gasteiger partial charge in [-0.2, -0.15) is 0 Å². The Balaban J connectivity index is 2.26. The third-order valence-corrected chi connectivity index (χ3v) is 5.31. The van der Waals surface area contributed by atoms with Crippen LogP contribution in [0.1, 0.15) is 65.2 Å². The Labute approximate surface area is 117 Å². The topological polar surface area (TPSA) is 40.5 Å². The summed E-state index contributed by atoms with van der Waals surface area (Å²) >= 11 is 0. The molecule has 2 unspecified atom stereocenters. The number of hydrogen-bond donors (Lipinski definition) is 1. The summed E-state index contributed by atoms with van der Waals surface area (Å²) in [4.78, 5) is 14.0. The molecule has 1 aliphatic carbocycles. The normalized spacial score (nSPS) is 33.5. The molecule has 1 saturated heterocycles. The van der Waals surface area contributed by atoms with Gasteiger partial charge in [-0.05, 0) is 50.6 Å². The average molecular weight is 267 g/mol. The fourth-order valence-electron chi connectivity index (χ4n) is 4.53. The predicted octanol–water partition coefficient (Wildman–Crippen LogP) is 3.53. The molecular weight excluding hydrogens is 238 g/mol. The van der Waals surface area contributed by atoms with Crippen LogP contribution in [0, 0.1) is 11.8 Å². The first kappa shape index (κ1) is 14.8. The number of hydrogen-bond acceptors (Lipinski definition) is 2. The molecule has 19 heavy (non-hydrogen) atoms. The number of carbonyl (C=O) groups is 1. The van der Waals surface area contributed by atoms with E-state index in [1.165, 1.54) is 38.5 Å². The smallest absolute Gasteiger partial charge is 0.305 e. The van der Waals surface area contributed by atoms with E-state index in [1.54, 1.807) is 0 Å². The SMILES string of the molecule is CC(C)C1CCCCC1(CC(=O)O)N1CCCCC1. The molecular formula is C16H29NO2. The molecule has 110 valence electrons. The van der Waals surface area contributed by atoms with E-state index in [9.17, 15) is 9.90 Å². The van der Waals surface area contributed by atoms with Crippen molar-refractivity contribution >= 4 is 5.97 Å². The molecule has 0 amide bonds. The van der Waals surface area contributed by atoms with Crippen LogP contribution in [0.2, 0.25) is 0 Å².